The van der Waals surface area contributed by atoms with Crippen molar-refractivity contribution in [2.45, 2.75) is 25.2 Å². The zero-order valence-electron chi connectivity index (χ0n) is 13.4. The molecule has 1 aromatic carbocycles. The molecule has 5 nitrogen and oxygen atoms in total. The minimum absolute atomic E-state index is 0.502. The number of nitrogens with one attached hydrogen (secondary N) is 1. The van der Waals surface area contributed by atoms with Crippen LogP contribution in [0.3, 0.4) is 0 Å². The van der Waals surface area contributed by atoms with Crippen LogP contribution in [-0.2, 0) is 9.59 Å². The molecular weight excluding hydrogens is 336 g/mol. The largest absolute Gasteiger partial charge is 0.478 e. The molecule has 1 aromatic heterocycles. The summed E-state index contributed by atoms with van der Waals surface area (Å²) in [5.41, 5.74) is 2.45. The summed E-state index contributed by atoms with van der Waals surface area (Å²) < 4.78 is 0. The van der Waals surface area contributed by atoms with E-state index in [0.29, 0.717) is 11.6 Å². The van der Waals surface area contributed by atoms with E-state index in [4.69, 9.17) is 5.11 Å². The fourth-order valence-corrected chi connectivity index (χ4v) is 3.11. The maximum Gasteiger partial charge on any atom is 0.328 e. The van der Waals surface area contributed by atoms with Gasteiger partial charge in [0.2, 0.25) is 5.91 Å². The lowest BCUT2D eigenvalue weighted by Gasteiger charge is -2.22. The second-order valence-electron chi connectivity index (χ2n) is 5.70. The number of carbonyl (C=O) groups is 2. The Morgan fingerprint density at radius 2 is 2.12 bits per heavy atom. The summed E-state index contributed by atoms with van der Waals surface area (Å²) in [6, 6.07) is 7.08. The molecule has 1 aliphatic rings. The molecule has 1 saturated carbocycles. The van der Waals surface area contributed by atoms with E-state index < -0.39 is 11.9 Å². The van der Waals surface area contributed by atoms with Crippen molar-refractivity contribution in [3.05, 3.63) is 58.1 Å². The van der Waals surface area contributed by atoms with Crippen molar-refractivity contribution in [3.63, 3.8) is 0 Å². The van der Waals surface area contributed by atoms with Crippen LogP contribution in [0.15, 0.2) is 41.8 Å². The van der Waals surface area contributed by atoms with Crippen molar-refractivity contribution in [1.82, 2.24) is 4.98 Å². The van der Waals surface area contributed by atoms with Crippen molar-refractivity contribution < 1.29 is 14.7 Å². The molecule has 2 N–H and O–H groups in total. The molecule has 1 amide bonds. The Labute approximate surface area is 149 Å². The van der Waals surface area contributed by atoms with Gasteiger partial charge in [0.15, 0.2) is 5.01 Å². The maximum atomic E-state index is 11.6. The molecule has 0 atom stereocenters. The molecule has 126 valence electrons. The van der Waals surface area contributed by atoms with Crippen molar-refractivity contribution in [3.8, 4) is 11.8 Å². The Morgan fingerprint density at radius 1 is 1.28 bits per heavy atom. The van der Waals surface area contributed by atoms with Gasteiger partial charge in [0.1, 0.15) is 0 Å². The van der Waals surface area contributed by atoms with E-state index in [9.17, 15) is 9.59 Å². The van der Waals surface area contributed by atoms with E-state index >= 15 is 0 Å². The molecule has 0 spiro atoms. The molecule has 1 heterocycles. The van der Waals surface area contributed by atoms with Crippen LogP contribution in [0.4, 0.5) is 5.69 Å². The molecule has 25 heavy (non-hydrogen) atoms. The fraction of sp³-hybridized carbons (Fsp3) is 0.211. The fourth-order valence-electron chi connectivity index (χ4n) is 2.37. The average molecular weight is 352 g/mol. The van der Waals surface area contributed by atoms with E-state index in [1.54, 1.807) is 29.5 Å². The Balaban J connectivity index is 1.66. The number of aliphatic carboxylic acids is 1. The molecule has 0 radical (unpaired) electrons. The number of nitrogens with zero attached hydrogens (tertiary/aromatic N) is 1. The standard InChI is InChI=1S/C19H16N2O3S/c22-17(8-10-19(23)24)20-15-6-1-3-13(11-15)7-9-18-21-16(12-25-18)14-4-2-5-14/h1,3,6,8,10-12,14H,2,4-5H2,(H,20,22)(H,23,24)/b10-8-. The lowest BCUT2D eigenvalue weighted by molar-refractivity contribution is -0.131. The summed E-state index contributed by atoms with van der Waals surface area (Å²) in [4.78, 5) is 26.6. The number of hydrogen-bond donors (Lipinski definition) is 2. The van der Waals surface area contributed by atoms with Gasteiger partial charge in [-0.3, -0.25) is 4.79 Å². The first-order valence-electron chi connectivity index (χ1n) is 7.89. The topological polar surface area (TPSA) is 79.3 Å². The quantitative estimate of drug-likeness (QED) is 0.653. The van der Waals surface area contributed by atoms with Crippen LogP contribution in [0.5, 0.6) is 0 Å². The Kier molecular flexibility index (Phi) is 5.26. The molecular formula is C19H16N2O3S. The highest BCUT2D eigenvalue weighted by atomic mass is 32.1. The van der Waals surface area contributed by atoms with Gasteiger partial charge in [-0.2, -0.15) is 0 Å². The van der Waals surface area contributed by atoms with Gasteiger partial charge in [0, 0.05) is 34.7 Å². The predicted molar refractivity (Wildman–Crippen MR) is 96.5 cm³/mol. The summed E-state index contributed by atoms with van der Waals surface area (Å²) in [7, 11) is 0. The average Bonchev–Trinajstić information content (AvgIpc) is 2.98. The number of rotatable bonds is 4. The SMILES string of the molecule is O=C(O)/C=C\C(=O)Nc1cccc(C#Cc2nc(C3CCC3)cs2)c1. The smallest absolute Gasteiger partial charge is 0.328 e. The number of hydrogen-bond acceptors (Lipinski definition) is 4. The summed E-state index contributed by atoms with van der Waals surface area (Å²) in [6.07, 6.45) is 5.48. The number of carboxylic acid groups (broad SMARTS) is 1. The van der Waals surface area contributed by atoms with Gasteiger partial charge in [0.05, 0.1) is 5.69 Å². The third kappa shape index (κ3) is 4.78. The molecule has 0 aliphatic heterocycles. The highest BCUT2D eigenvalue weighted by Gasteiger charge is 2.21. The van der Waals surface area contributed by atoms with Crippen molar-refractivity contribution >= 4 is 28.9 Å². The summed E-state index contributed by atoms with van der Waals surface area (Å²) in [6.45, 7) is 0. The van der Waals surface area contributed by atoms with Crippen LogP contribution in [0.1, 0.15) is 41.4 Å². The van der Waals surface area contributed by atoms with Gasteiger partial charge in [0.25, 0.3) is 0 Å². The van der Waals surface area contributed by atoms with E-state index in [0.717, 1.165) is 28.4 Å². The number of thiazole rings is 1. The van der Waals surface area contributed by atoms with Crippen LogP contribution in [-0.4, -0.2) is 22.0 Å². The van der Waals surface area contributed by atoms with Crippen molar-refractivity contribution in [2.75, 3.05) is 5.32 Å². The number of carboxylic acids is 1. The Hall–Kier alpha value is -2.91. The third-order valence-corrected chi connectivity index (χ3v) is 4.64. The number of benzene rings is 1. The maximum absolute atomic E-state index is 11.6. The van der Waals surface area contributed by atoms with Crippen LogP contribution < -0.4 is 5.32 Å². The van der Waals surface area contributed by atoms with E-state index in [2.05, 4.69) is 27.5 Å². The highest BCUT2D eigenvalue weighted by molar-refractivity contribution is 7.10. The van der Waals surface area contributed by atoms with Gasteiger partial charge < -0.3 is 10.4 Å². The molecule has 0 saturated heterocycles. The number of amides is 1. The summed E-state index contributed by atoms with van der Waals surface area (Å²) in [5.74, 6) is 5.04. The van der Waals surface area contributed by atoms with Crippen molar-refractivity contribution in [1.29, 1.82) is 0 Å². The van der Waals surface area contributed by atoms with Crippen LogP contribution >= 0.6 is 11.3 Å². The molecule has 1 aliphatic carbocycles. The molecule has 3 rings (SSSR count). The van der Waals surface area contributed by atoms with Gasteiger partial charge in [-0.1, -0.05) is 18.4 Å². The van der Waals surface area contributed by atoms with E-state index in [1.165, 1.54) is 19.3 Å². The second kappa shape index (κ2) is 7.77. The minimum Gasteiger partial charge on any atom is -0.478 e. The zero-order valence-corrected chi connectivity index (χ0v) is 14.2. The predicted octanol–water partition coefficient (Wildman–Crippen LogP) is 3.39. The van der Waals surface area contributed by atoms with Crippen molar-refractivity contribution in [2.24, 2.45) is 0 Å². The Morgan fingerprint density at radius 3 is 2.84 bits per heavy atom. The summed E-state index contributed by atoms with van der Waals surface area (Å²) >= 11 is 1.55. The van der Waals surface area contributed by atoms with Gasteiger partial charge in [-0.25, -0.2) is 9.78 Å². The number of anilines is 1. The van der Waals surface area contributed by atoms with Crippen LogP contribution in [0.25, 0.3) is 0 Å². The van der Waals surface area contributed by atoms with Gasteiger partial charge in [-0.15, -0.1) is 11.3 Å². The molecule has 0 bridgehead atoms. The van der Waals surface area contributed by atoms with Crippen LogP contribution in [0.2, 0.25) is 0 Å². The zero-order chi connectivity index (χ0) is 17.6. The molecule has 6 heteroatoms. The first kappa shape index (κ1) is 16.9. The third-order valence-electron chi connectivity index (χ3n) is 3.87. The van der Waals surface area contributed by atoms with Gasteiger partial charge >= 0.3 is 5.97 Å². The number of carbonyl (C=O) groups excluding carboxylic acids is 1. The highest BCUT2D eigenvalue weighted by Crippen LogP contribution is 2.36. The summed E-state index contributed by atoms with van der Waals surface area (Å²) in [5, 5.41) is 14.0. The van der Waals surface area contributed by atoms with Gasteiger partial charge in [-0.05, 0) is 37.0 Å². The lowest BCUT2D eigenvalue weighted by atomic mass is 9.83. The second-order valence-corrected chi connectivity index (χ2v) is 6.56. The number of aromatic nitrogens is 1. The first-order valence-corrected chi connectivity index (χ1v) is 8.77. The monoisotopic (exact) mass is 352 g/mol. The van der Waals surface area contributed by atoms with Crippen LogP contribution in [0, 0.1) is 11.8 Å². The lowest BCUT2D eigenvalue weighted by Crippen LogP contribution is -2.08. The minimum atomic E-state index is -1.17. The normalized spacial score (nSPS) is 13.8. The molecule has 0 unspecified atom stereocenters. The Bertz CT molecular complexity index is 885. The molecule has 1 fully saturated rings. The van der Waals surface area contributed by atoms with E-state index in [-0.39, 0.29) is 0 Å². The van der Waals surface area contributed by atoms with E-state index in [1.807, 2.05) is 6.07 Å². The molecule has 2 aromatic rings. The first-order chi connectivity index (χ1) is 12.1.